The molecule has 132 valence electrons. The summed E-state index contributed by atoms with van der Waals surface area (Å²) in [4.78, 5) is 26.1. The predicted octanol–water partition coefficient (Wildman–Crippen LogP) is 5.33. The summed E-state index contributed by atoms with van der Waals surface area (Å²) in [6.07, 6.45) is 2.76. The molecule has 2 aromatic rings. The molecule has 7 heteroatoms. The molecule has 0 bridgehead atoms. The van der Waals surface area contributed by atoms with E-state index in [4.69, 9.17) is 16.3 Å². The Morgan fingerprint density at radius 2 is 2.16 bits per heavy atom. The van der Waals surface area contributed by atoms with E-state index < -0.39 is 5.97 Å². The lowest BCUT2D eigenvalue weighted by atomic mass is 9.88. The van der Waals surface area contributed by atoms with Crippen LogP contribution in [0.5, 0.6) is 0 Å². The largest absolute Gasteiger partial charge is 0.465 e. The molecule has 0 saturated carbocycles. The Morgan fingerprint density at radius 1 is 1.40 bits per heavy atom. The van der Waals surface area contributed by atoms with Gasteiger partial charge in [-0.2, -0.15) is 0 Å². The van der Waals surface area contributed by atoms with Crippen molar-refractivity contribution in [1.82, 2.24) is 0 Å². The molecule has 1 aromatic carbocycles. The van der Waals surface area contributed by atoms with Crippen LogP contribution < -0.4 is 5.32 Å². The molecular formula is C18H17BrClNO3S. The van der Waals surface area contributed by atoms with Crippen molar-refractivity contribution in [2.24, 2.45) is 5.92 Å². The van der Waals surface area contributed by atoms with Crippen molar-refractivity contribution in [2.75, 3.05) is 12.4 Å². The standard InChI is InChI=1S/C18H17BrClNO3S/c1-9-3-5-11-14(7-9)25-17(15(11)18(23)24-2)21-16(22)12-8-10(19)4-6-13(12)20/h4,6,8-9H,3,5,7H2,1-2H3,(H,21,22)/t9-/m1/s1. The van der Waals surface area contributed by atoms with Gasteiger partial charge in [-0.25, -0.2) is 4.79 Å². The van der Waals surface area contributed by atoms with E-state index in [1.54, 1.807) is 18.2 Å². The molecule has 1 aliphatic rings. The van der Waals surface area contributed by atoms with Gasteiger partial charge >= 0.3 is 5.97 Å². The van der Waals surface area contributed by atoms with Crippen LogP contribution in [0.25, 0.3) is 0 Å². The van der Waals surface area contributed by atoms with Crippen LogP contribution >= 0.6 is 38.9 Å². The summed E-state index contributed by atoms with van der Waals surface area (Å²) >= 11 is 10.9. The van der Waals surface area contributed by atoms with Crippen molar-refractivity contribution >= 4 is 55.7 Å². The molecule has 0 saturated heterocycles. The number of hydrogen-bond donors (Lipinski definition) is 1. The van der Waals surface area contributed by atoms with Crippen LogP contribution in [0.4, 0.5) is 5.00 Å². The zero-order valence-electron chi connectivity index (χ0n) is 13.8. The van der Waals surface area contributed by atoms with E-state index in [2.05, 4.69) is 28.2 Å². The average Bonchev–Trinajstić information content (AvgIpc) is 2.93. The summed E-state index contributed by atoms with van der Waals surface area (Å²) in [5, 5.41) is 3.75. The Labute approximate surface area is 163 Å². The fraction of sp³-hybridized carbons (Fsp3) is 0.333. The summed E-state index contributed by atoms with van der Waals surface area (Å²) in [5.74, 6) is -0.189. The predicted molar refractivity (Wildman–Crippen MR) is 104 cm³/mol. The lowest BCUT2D eigenvalue weighted by Crippen LogP contribution is -2.16. The van der Waals surface area contributed by atoms with Gasteiger partial charge in [0.25, 0.3) is 5.91 Å². The number of thiophene rings is 1. The molecule has 1 aromatic heterocycles. The number of benzene rings is 1. The fourth-order valence-corrected chi connectivity index (χ4v) is 4.96. The molecular weight excluding hydrogens is 426 g/mol. The van der Waals surface area contributed by atoms with Gasteiger partial charge in [-0.3, -0.25) is 4.79 Å². The smallest absolute Gasteiger partial charge is 0.341 e. The third kappa shape index (κ3) is 3.76. The quantitative estimate of drug-likeness (QED) is 0.654. The number of anilines is 1. The van der Waals surface area contributed by atoms with Crippen LogP contribution in [-0.4, -0.2) is 19.0 Å². The number of nitrogens with one attached hydrogen (secondary N) is 1. The first kappa shape index (κ1) is 18.4. The van der Waals surface area contributed by atoms with Gasteiger partial charge in [0, 0.05) is 9.35 Å². The number of carbonyl (C=O) groups is 2. The zero-order chi connectivity index (χ0) is 18.1. The van der Waals surface area contributed by atoms with Gasteiger partial charge in [0.05, 0.1) is 23.3 Å². The van der Waals surface area contributed by atoms with E-state index in [0.717, 1.165) is 34.2 Å². The number of carbonyl (C=O) groups excluding carboxylic acids is 2. The highest BCUT2D eigenvalue weighted by molar-refractivity contribution is 9.10. The first-order valence-electron chi connectivity index (χ1n) is 7.90. The number of rotatable bonds is 3. The van der Waals surface area contributed by atoms with Gasteiger partial charge in [0.1, 0.15) is 5.00 Å². The fourth-order valence-electron chi connectivity index (χ4n) is 3.00. The average molecular weight is 443 g/mol. The van der Waals surface area contributed by atoms with Crippen molar-refractivity contribution in [3.05, 3.63) is 49.3 Å². The summed E-state index contributed by atoms with van der Waals surface area (Å²) in [6.45, 7) is 2.19. The number of methoxy groups -OCH3 is 1. The molecule has 0 spiro atoms. The molecule has 0 aliphatic heterocycles. The maximum atomic E-state index is 12.7. The molecule has 0 fully saturated rings. The molecule has 1 amide bonds. The van der Waals surface area contributed by atoms with Crippen molar-refractivity contribution < 1.29 is 14.3 Å². The number of esters is 1. The molecule has 1 aliphatic carbocycles. The lowest BCUT2D eigenvalue weighted by Gasteiger charge is -2.18. The minimum atomic E-state index is -0.414. The minimum Gasteiger partial charge on any atom is -0.465 e. The summed E-state index contributed by atoms with van der Waals surface area (Å²) in [5.41, 5.74) is 1.84. The van der Waals surface area contributed by atoms with Crippen molar-refractivity contribution in [3.8, 4) is 0 Å². The Hall–Kier alpha value is -1.37. The van der Waals surface area contributed by atoms with Gasteiger partial charge in [0.15, 0.2) is 0 Å². The molecule has 25 heavy (non-hydrogen) atoms. The Bertz CT molecular complexity index is 849. The van der Waals surface area contributed by atoms with E-state index in [-0.39, 0.29) is 5.91 Å². The Morgan fingerprint density at radius 3 is 2.88 bits per heavy atom. The van der Waals surface area contributed by atoms with Gasteiger partial charge in [-0.05, 0) is 48.9 Å². The monoisotopic (exact) mass is 441 g/mol. The Balaban J connectivity index is 1.98. The SMILES string of the molecule is COC(=O)c1c(NC(=O)c2cc(Br)ccc2Cl)sc2c1CC[C@@H](C)C2. The van der Waals surface area contributed by atoms with E-state index in [9.17, 15) is 9.59 Å². The van der Waals surface area contributed by atoms with Crippen molar-refractivity contribution in [3.63, 3.8) is 0 Å². The first-order valence-corrected chi connectivity index (χ1v) is 9.88. The first-order chi connectivity index (χ1) is 11.9. The molecule has 4 nitrogen and oxygen atoms in total. The van der Waals surface area contributed by atoms with Crippen LogP contribution in [0.3, 0.4) is 0 Å². The highest BCUT2D eigenvalue weighted by Crippen LogP contribution is 2.40. The van der Waals surface area contributed by atoms with E-state index in [0.29, 0.717) is 27.1 Å². The third-order valence-corrected chi connectivity index (χ3v) is 6.29. The second kappa shape index (κ2) is 7.48. The summed E-state index contributed by atoms with van der Waals surface area (Å²) < 4.78 is 5.70. The maximum absolute atomic E-state index is 12.7. The molecule has 3 rings (SSSR count). The van der Waals surface area contributed by atoms with Crippen LogP contribution in [0.1, 0.15) is 44.5 Å². The topological polar surface area (TPSA) is 55.4 Å². The second-order valence-corrected chi connectivity index (χ2v) is 8.55. The zero-order valence-corrected chi connectivity index (χ0v) is 17.0. The third-order valence-electron chi connectivity index (χ3n) is 4.30. The molecule has 0 unspecified atom stereocenters. The normalized spacial score (nSPS) is 16.2. The molecule has 1 heterocycles. The van der Waals surface area contributed by atoms with Crippen LogP contribution in [0.2, 0.25) is 5.02 Å². The van der Waals surface area contributed by atoms with Crippen molar-refractivity contribution in [1.29, 1.82) is 0 Å². The van der Waals surface area contributed by atoms with Crippen LogP contribution in [0, 0.1) is 5.92 Å². The Kier molecular flexibility index (Phi) is 5.51. The van der Waals surface area contributed by atoms with Gasteiger partial charge in [-0.1, -0.05) is 34.5 Å². The number of amides is 1. The second-order valence-electron chi connectivity index (χ2n) is 6.13. The van der Waals surface area contributed by atoms with Crippen LogP contribution in [0.15, 0.2) is 22.7 Å². The summed E-state index contributed by atoms with van der Waals surface area (Å²) in [6, 6.07) is 5.08. The van der Waals surface area contributed by atoms with E-state index >= 15 is 0 Å². The van der Waals surface area contributed by atoms with Crippen molar-refractivity contribution in [2.45, 2.75) is 26.2 Å². The highest BCUT2D eigenvalue weighted by atomic mass is 79.9. The number of fused-ring (bicyclic) bond motifs is 1. The highest BCUT2D eigenvalue weighted by Gasteiger charge is 2.29. The van der Waals surface area contributed by atoms with E-state index in [1.807, 2.05) is 0 Å². The number of halogens is 2. The minimum absolute atomic E-state index is 0.344. The molecule has 1 atom stereocenters. The van der Waals surface area contributed by atoms with Gasteiger partial charge in [0.2, 0.25) is 0 Å². The van der Waals surface area contributed by atoms with Crippen LogP contribution in [-0.2, 0) is 17.6 Å². The van der Waals surface area contributed by atoms with Gasteiger partial charge < -0.3 is 10.1 Å². The summed E-state index contributed by atoms with van der Waals surface area (Å²) in [7, 11) is 1.36. The number of hydrogen-bond acceptors (Lipinski definition) is 4. The molecule has 1 N–H and O–H groups in total. The van der Waals surface area contributed by atoms with E-state index in [1.165, 1.54) is 18.4 Å². The lowest BCUT2D eigenvalue weighted by molar-refractivity contribution is 0.0601. The maximum Gasteiger partial charge on any atom is 0.341 e. The molecule has 0 radical (unpaired) electrons. The van der Waals surface area contributed by atoms with Gasteiger partial charge in [-0.15, -0.1) is 11.3 Å². The number of ether oxygens (including phenoxy) is 1.